The van der Waals surface area contributed by atoms with Crippen molar-refractivity contribution in [3.05, 3.63) is 29.6 Å². The number of aryl methyl sites for hydroxylation is 1. The number of rotatable bonds is 2. The molecule has 1 fully saturated rings. The van der Waals surface area contributed by atoms with Gasteiger partial charge in [-0.15, -0.1) is 0 Å². The SMILES string of the molecule is CCc1ccc2nc(C3CCOC3)[nH]c2c1. The van der Waals surface area contributed by atoms with Crippen molar-refractivity contribution < 1.29 is 4.74 Å². The van der Waals surface area contributed by atoms with E-state index >= 15 is 0 Å². The van der Waals surface area contributed by atoms with E-state index < -0.39 is 0 Å². The smallest absolute Gasteiger partial charge is 0.112 e. The Morgan fingerprint density at radius 3 is 3.19 bits per heavy atom. The van der Waals surface area contributed by atoms with Crippen molar-refractivity contribution in [3.8, 4) is 0 Å². The second kappa shape index (κ2) is 3.91. The second-order valence-electron chi connectivity index (χ2n) is 4.39. The van der Waals surface area contributed by atoms with Gasteiger partial charge in [-0.3, -0.25) is 0 Å². The number of fused-ring (bicyclic) bond motifs is 1. The van der Waals surface area contributed by atoms with E-state index in [1.807, 2.05) is 0 Å². The molecule has 0 aliphatic carbocycles. The van der Waals surface area contributed by atoms with Crippen LogP contribution in [0, 0.1) is 0 Å². The van der Waals surface area contributed by atoms with Crippen LogP contribution >= 0.6 is 0 Å². The summed E-state index contributed by atoms with van der Waals surface area (Å²) in [5.41, 5.74) is 3.57. The number of hydrogen-bond acceptors (Lipinski definition) is 2. The van der Waals surface area contributed by atoms with Crippen LogP contribution in [0.5, 0.6) is 0 Å². The summed E-state index contributed by atoms with van der Waals surface area (Å²) >= 11 is 0. The number of nitrogens with one attached hydrogen (secondary N) is 1. The summed E-state index contributed by atoms with van der Waals surface area (Å²) in [6.07, 6.45) is 2.15. The highest BCUT2D eigenvalue weighted by Crippen LogP contribution is 2.25. The predicted molar refractivity (Wildman–Crippen MR) is 63.6 cm³/mol. The van der Waals surface area contributed by atoms with Crippen LogP contribution in [0.3, 0.4) is 0 Å². The Labute approximate surface area is 94.8 Å². The van der Waals surface area contributed by atoms with Crippen LogP contribution in [0.1, 0.15) is 30.7 Å². The first-order chi connectivity index (χ1) is 7.86. The molecule has 3 rings (SSSR count). The number of benzene rings is 1. The van der Waals surface area contributed by atoms with Gasteiger partial charge in [-0.25, -0.2) is 4.98 Å². The molecular weight excluding hydrogens is 200 g/mol. The number of imidazole rings is 1. The fraction of sp³-hybridized carbons (Fsp3) is 0.462. The standard InChI is InChI=1S/C13H16N2O/c1-2-9-3-4-11-12(7-9)15-13(14-11)10-5-6-16-8-10/h3-4,7,10H,2,5-6,8H2,1H3,(H,14,15). The number of H-pyrrole nitrogens is 1. The van der Waals surface area contributed by atoms with E-state index in [0.29, 0.717) is 5.92 Å². The Bertz CT molecular complexity index is 498. The monoisotopic (exact) mass is 216 g/mol. The molecule has 84 valence electrons. The lowest BCUT2D eigenvalue weighted by molar-refractivity contribution is 0.193. The highest BCUT2D eigenvalue weighted by molar-refractivity contribution is 5.76. The summed E-state index contributed by atoms with van der Waals surface area (Å²) in [7, 11) is 0. The van der Waals surface area contributed by atoms with E-state index in [1.165, 1.54) is 5.56 Å². The lowest BCUT2D eigenvalue weighted by atomic mass is 10.1. The summed E-state index contributed by atoms with van der Waals surface area (Å²) in [5.74, 6) is 1.54. The largest absolute Gasteiger partial charge is 0.381 e. The topological polar surface area (TPSA) is 37.9 Å². The molecule has 0 spiro atoms. The Balaban J connectivity index is 2.01. The van der Waals surface area contributed by atoms with Gasteiger partial charge in [-0.1, -0.05) is 13.0 Å². The number of ether oxygens (including phenoxy) is 1. The Morgan fingerprint density at radius 1 is 1.50 bits per heavy atom. The zero-order chi connectivity index (χ0) is 11.0. The maximum absolute atomic E-state index is 5.39. The van der Waals surface area contributed by atoms with Crippen molar-refractivity contribution in [2.24, 2.45) is 0 Å². The van der Waals surface area contributed by atoms with Crippen LogP contribution in [0.15, 0.2) is 18.2 Å². The van der Waals surface area contributed by atoms with Gasteiger partial charge in [0.1, 0.15) is 5.82 Å². The van der Waals surface area contributed by atoms with Crippen LogP contribution in [0.4, 0.5) is 0 Å². The van der Waals surface area contributed by atoms with Gasteiger partial charge in [0, 0.05) is 12.5 Å². The van der Waals surface area contributed by atoms with Gasteiger partial charge in [0.2, 0.25) is 0 Å². The van der Waals surface area contributed by atoms with E-state index in [9.17, 15) is 0 Å². The lowest BCUT2D eigenvalue weighted by Crippen LogP contribution is -1.99. The van der Waals surface area contributed by atoms with Crippen molar-refractivity contribution in [1.29, 1.82) is 0 Å². The Kier molecular flexibility index (Phi) is 2.40. The Morgan fingerprint density at radius 2 is 2.44 bits per heavy atom. The van der Waals surface area contributed by atoms with Crippen LogP contribution < -0.4 is 0 Å². The van der Waals surface area contributed by atoms with Gasteiger partial charge >= 0.3 is 0 Å². The van der Waals surface area contributed by atoms with Gasteiger partial charge in [-0.05, 0) is 30.5 Å². The minimum atomic E-state index is 0.456. The van der Waals surface area contributed by atoms with Gasteiger partial charge < -0.3 is 9.72 Å². The van der Waals surface area contributed by atoms with Crippen molar-refractivity contribution in [3.63, 3.8) is 0 Å². The summed E-state index contributed by atoms with van der Waals surface area (Å²) in [6.45, 7) is 3.84. The van der Waals surface area contributed by atoms with E-state index in [4.69, 9.17) is 4.74 Å². The summed E-state index contributed by atoms with van der Waals surface area (Å²) in [4.78, 5) is 8.06. The first-order valence-electron chi connectivity index (χ1n) is 5.93. The molecule has 0 amide bonds. The number of hydrogen-bond donors (Lipinski definition) is 1. The highest BCUT2D eigenvalue weighted by Gasteiger charge is 2.20. The zero-order valence-corrected chi connectivity index (χ0v) is 9.49. The van der Waals surface area contributed by atoms with Crippen LogP contribution in [0.25, 0.3) is 11.0 Å². The molecule has 0 bridgehead atoms. The molecule has 0 radical (unpaired) electrons. The highest BCUT2D eigenvalue weighted by atomic mass is 16.5. The van der Waals surface area contributed by atoms with Crippen molar-refractivity contribution in [1.82, 2.24) is 9.97 Å². The first-order valence-corrected chi connectivity index (χ1v) is 5.93. The lowest BCUT2D eigenvalue weighted by Gasteiger charge is -2.00. The average Bonchev–Trinajstić information content (AvgIpc) is 2.96. The fourth-order valence-electron chi connectivity index (χ4n) is 2.24. The first kappa shape index (κ1) is 9.85. The normalized spacial score (nSPS) is 20.7. The molecular formula is C13H16N2O. The molecule has 3 nitrogen and oxygen atoms in total. The maximum atomic E-state index is 5.39. The molecule has 2 aromatic rings. The quantitative estimate of drug-likeness (QED) is 0.838. The van der Waals surface area contributed by atoms with Crippen LogP contribution in [-0.4, -0.2) is 23.2 Å². The van der Waals surface area contributed by atoms with Crippen LogP contribution in [0.2, 0.25) is 0 Å². The van der Waals surface area contributed by atoms with Gasteiger partial charge in [0.25, 0.3) is 0 Å². The third kappa shape index (κ3) is 1.61. The van der Waals surface area contributed by atoms with Crippen LogP contribution in [-0.2, 0) is 11.2 Å². The number of aromatic nitrogens is 2. The molecule has 3 heteroatoms. The molecule has 1 aliphatic rings. The third-order valence-electron chi connectivity index (χ3n) is 3.29. The zero-order valence-electron chi connectivity index (χ0n) is 9.49. The molecule has 1 atom stereocenters. The summed E-state index contributed by atoms with van der Waals surface area (Å²) in [6, 6.07) is 6.45. The number of nitrogens with zero attached hydrogens (tertiary/aromatic N) is 1. The molecule has 16 heavy (non-hydrogen) atoms. The maximum Gasteiger partial charge on any atom is 0.112 e. The third-order valence-corrected chi connectivity index (χ3v) is 3.29. The Hall–Kier alpha value is -1.35. The van der Waals surface area contributed by atoms with Crippen molar-refractivity contribution in [2.45, 2.75) is 25.7 Å². The molecule has 1 saturated heterocycles. The number of aromatic amines is 1. The minimum absolute atomic E-state index is 0.456. The average molecular weight is 216 g/mol. The van der Waals surface area contributed by atoms with E-state index in [-0.39, 0.29) is 0 Å². The molecule has 0 saturated carbocycles. The molecule has 1 N–H and O–H groups in total. The van der Waals surface area contributed by atoms with E-state index in [0.717, 1.165) is 42.9 Å². The van der Waals surface area contributed by atoms with Crippen molar-refractivity contribution in [2.75, 3.05) is 13.2 Å². The van der Waals surface area contributed by atoms with Gasteiger partial charge in [0.05, 0.1) is 17.6 Å². The van der Waals surface area contributed by atoms with E-state index in [1.54, 1.807) is 0 Å². The minimum Gasteiger partial charge on any atom is -0.381 e. The molecule has 1 aliphatic heterocycles. The molecule has 1 aromatic carbocycles. The van der Waals surface area contributed by atoms with E-state index in [2.05, 4.69) is 35.1 Å². The predicted octanol–water partition coefficient (Wildman–Crippen LogP) is 2.63. The van der Waals surface area contributed by atoms with Gasteiger partial charge in [0.15, 0.2) is 0 Å². The van der Waals surface area contributed by atoms with Gasteiger partial charge in [-0.2, -0.15) is 0 Å². The fourth-order valence-corrected chi connectivity index (χ4v) is 2.24. The molecule has 2 heterocycles. The van der Waals surface area contributed by atoms with Crippen molar-refractivity contribution >= 4 is 11.0 Å². The summed E-state index contributed by atoms with van der Waals surface area (Å²) < 4.78 is 5.39. The second-order valence-corrected chi connectivity index (χ2v) is 4.39. The molecule has 1 aromatic heterocycles. The molecule has 1 unspecified atom stereocenters. The summed E-state index contributed by atoms with van der Waals surface area (Å²) in [5, 5.41) is 0.